The highest BCUT2D eigenvalue weighted by Crippen LogP contribution is 2.45. The number of phosphoric ester groups is 2. The molecule has 0 saturated heterocycles. The van der Waals surface area contributed by atoms with E-state index >= 15 is 0 Å². The maximum atomic E-state index is 13.1. The Morgan fingerprint density at radius 2 is 0.495 bits per heavy atom. The maximum absolute atomic E-state index is 13.1. The van der Waals surface area contributed by atoms with E-state index in [0.29, 0.717) is 25.7 Å². The molecule has 0 aliphatic heterocycles. The molecule has 0 aliphatic carbocycles. The molecule has 19 heteroatoms. The Morgan fingerprint density at radius 3 is 0.731 bits per heavy atom. The van der Waals surface area contributed by atoms with Crippen molar-refractivity contribution in [3.8, 4) is 0 Å². The van der Waals surface area contributed by atoms with Crippen LogP contribution in [0.2, 0.25) is 0 Å². The summed E-state index contributed by atoms with van der Waals surface area (Å²) in [7, 11) is -9.90. The third-order valence-electron chi connectivity index (χ3n) is 17.3. The fourth-order valence-electron chi connectivity index (χ4n) is 11.4. The Bertz CT molecular complexity index is 1790. The molecule has 2 unspecified atom stereocenters. The van der Waals surface area contributed by atoms with Crippen molar-refractivity contribution in [2.24, 2.45) is 5.92 Å². The normalized spacial score (nSPS) is 14.0. The number of aliphatic hydroxyl groups is 1. The summed E-state index contributed by atoms with van der Waals surface area (Å²) in [4.78, 5) is 72.7. The van der Waals surface area contributed by atoms with Crippen molar-refractivity contribution in [3.05, 3.63) is 0 Å². The molecule has 0 spiro atoms. The number of esters is 4. The highest BCUT2D eigenvalue weighted by molar-refractivity contribution is 7.47. The van der Waals surface area contributed by atoms with Crippen molar-refractivity contribution >= 4 is 39.5 Å². The average molecular weight is 1370 g/mol. The number of hydrogen-bond acceptors (Lipinski definition) is 15. The quantitative estimate of drug-likeness (QED) is 0.0222. The molecule has 5 atom stereocenters. The topological polar surface area (TPSA) is 237 Å². The first-order valence-corrected chi connectivity index (χ1v) is 41.6. The number of phosphoric acid groups is 2. The molecule has 0 amide bonds. The molecule has 0 bridgehead atoms. The third kappa shape index (κ3) is 68.4. The molecule has 0 fully saturated rings. The largest absolute Gasteiger partial charge is 0.472 e. The van der Waals surface area contributed by atoms with Crippen LogP contribution in [-0.2, 0) is 65.4 Å². The van der Waals surface area contributed by atoms with Gasteiger partial charge in [-0.1, -0.05) is 336 Å². The van der Waals surface area contributed by atoms with E-state index in [1.807, 2.05) is 0 Å². The summed E-state index contributed by atoms with van der Waals surface area (Å²) < 4.78 is 68.4. The van der Waals surface area contributed by atoms with Gasteiger partial charge in [-0.3, -0.25) is 37.3 Å². The number of ether oxygens (including phenoxy) is 4. The zero-order valence-corrected chi connectivity index (χ0v) is 62.2. The predicted octanol–water partition coefficient (Wildman–Crippen LogP) is 21.7. The summed E-state index contributed by atoms with van der Waals surface area (Å²) in [6.45, 7) is 7.27. The van der Waals surface area contributed by atoms with Gasteiger partial charge < -0.3 is 33.8 Å². The van der Waals surface area contributed by atoms with E-state index in [4.69, 9.17) is 37.0 Å². The van der Waals surface area contributed by atoms with Gasteiger partial charge in [-0.05, 0) is 31.6 Å². The van der Waals surface area contributed by atoms with Crippen LogP contribution >= 0.6 is 15.6 Å². The van der Waals surface area contributed by atoms with E-state index in [1.165, 1.54) is 212 Å². The Morgan fingerprint density at radius 1 is 0.290 bits per heavy atom. The molecule has 552 valence electrons. The average Bonchev–Trinajstić information content (AvgIpc) is 3.54. The lowest BCUT2D eigenvalue weighted by molar-refractivity contribution is -0.161. The number of carbonyl (C=O) groups excluding carboxylic acids is 4. The monoisotopic (exact) mass is 1370 g/mol. The van der Waals surface area contributed by atoms with Gasteiger partial charge in [0.05, 0.1) is 26.4 Å². The summed E-state index contributed by atoms with van der Waals surface area (Å²) in [6, 6.07) is 0. The van der Waals surface area contributed by atoms with Crippen LogP contribution in [0.1, 0.15) is 388 Å². The first kappa shape index (κ1) is 91.1. The molecule has 93 heavy (non-hydrogen) atoms. The zero-order chi connectivity index (χ0) is 68.4. The van der Waals surface area contributed by atoms with Crippen LogP contribution < -0.4 is 0 Å². The predicted molar refractivity (Wildman–Crippen MR) is 377 cm³/mol. The lowest BCUT2D eigenvalue weighted by Crippen LogP contribution is -2.30. The molecule has 0 saturated carbocycles. The first-order valence-electron chi connectivity index (χ1n) is 38.6. The lowest BCUT2D eigenvalue weighted by atomic mass is 10.0. The maximum Gasteiger partial charge on any atom is 0.472 e. The van der Waals surface area contributed by atoms with Gasteiger partial charge in [-0.2, -0.15) is 0 Å². The van der Waals surface area contributed by atoms with Crippen molar-refractivity contribution < 1.29 is 80.2 Å². The smallest absolute Gasteiger partial charge is 0.462 e. The summed E-state index contributed by atoms with van der Waals surface area (Å²) >= 11 is 0. The summed E-state index contributed by atoms with van der Waals surface area (Å²) in [5.41, 5.74) is 0. The van der Waals surface area contributed by atoms with Crippen LogP contribution in [-0.4, -0.2) is 96.7 Å². The molecule has 0 heterocycles. The summed E-state index contributed by atoms with van der Waals surface area (Å²) in [5, 5.41) is 10.6. The fourth-order valence-corrected chi connectivity index (χ4v) is 12.9. The molecule has 0 rings (SSSR count). The summed E-state index contributed by atoms with van der Waals surface area (Å²) in [5.74, 6) is -1.36. The van der Waals surface area contributed by atoms with E-state index in [2.05, 4.69) is 34.6 Å². The second kappa shape index (κ2) is 67.3. The van der Waals surface area contributed by atoms with Crippen molar-refractivity contribution in [1.29, 1.82) is 0 Å². The van der Waals surface area contributed by atoms with Gasteiger partial charge in [0, 0.05) is 25.7 Å². The number of unbranched alkanes of at least 4 members (excludes halogenated alkanes) is 46. The highest BCUT2D eigenvalue weighted by atomic mass is 31.2. The van der Waals surface area contributed by atoms with Crippen molar-refractivity contribution in [2.75, 3.05) is 39.6 Å². The van der Waals surface area contributed by atoms with Crippen LogP contribution in [0.25, 0.3) is 0 Å². The Labute approximate surface area is 568 Å². The van der Waals surface area contributed by atoms with Gasteiger partial charge in [0.25, 0.3) is 0 Å². The van der Waals surface area contributed by atoms with E-state index in [0.717, 1.165) is 95.8 Å². The van der Waals surface area contributed by atoms with Crippen LogP contribution in [0.5, 0.6) is 0 Å². The number of carbonyl (C=O) groups is 4. The van der Waals surface area contributed by atoms with Gasteiger partial charge >= 0.3 is 39.5 Å². The van der Waals surface area contributed by atoms with Gasteiger partial charge in [0.2, 0.25) is 0 Å². The number of aliphatic hydroxyl groups excluding tert-OH is 1. The van der Waals surface area contributed by atoms with Crippen LogP contribution in [0.4, 0.5) is 0 Å². The van der Waals surface area contributed by atoms with Crippen molar-refractivity contribution in [2.45, 2.75) is 406 Å². The third-order valence-corrected chi connectivity index (χ3v) is 19.2. The summed E-state index contributed by atoms with van der Waals surface area (Å²) in [6.07, 6.45) is 55.4. The minimum Gasteiger partial charge on any atom is -0.462 e. The standard InChI is InChI=1S/C74H144O17P2/c1-6-9-12-15-18-21-24-25-26-27-28-29-30-33-40-45-50-55-60-74(79)91-70(64-85-72(77)58-53-48-43-38-35-34-36-41-46-51-56-67(4)5)66-89-93(82,83)87-62-68(75)61-86-92(80,81)88-65-69(90-73(78)59-54-49-44-39-32-23-20-17-14-11-8-3)63-84-71(76)57-52-47-42-37-31-22-19-16-13-10-7-2/h67-70,75H,6-66H2,1-5H3,(H,80,81)(H,82,83)/t68-,69+,70+/m0/s1. The van der Waals surface area contributed by atoms with Crippen LogP contribution in [0.3, 0.4) is 0 Å². The van der Waals surface area contributed by atoms with E-state index in [1.54, 1.807) is 0 Å². The minimum absolute atomic E-state index is 0.107. The number of rotatable bonds is 74. The molecule has 0 aliphatic rings. The Hall–Kier alpha value is -1.94. The molecule has 0 aromatic carbocycles. The Kier molecular flexibility index (Phi) is 65.9. The minimum atomic E-state index is -4.95. The van der Waals surface area contributed by atoms with Gasteiger partial charge in [0.15, 0.2) is 12.2 Å². The van der Waals surface area contributed by atoms with E-state index in [-0.39, 0.29) is 25.7 Å². The van der Waals surface area contributed by atoms with Crippen molar-refractivity contribution in [1.82, 2.24) is 0 Å². The highest BCUT2D eigenvalue weighted by Gasteiger charge is 2.30. The van der Waals surface area contributed by atoms with Gasteiger partial charge in [0.1, 0.15) is 19.3 Å². The molecule has 0 aromatic heterocycles. The van der Waals surface area contributed by atoms with Crippen LogP contribution in [0, 0.1) is 5.92 Å². The second-order valence-corrected chi connectivity index (χ2v) is 30.1. The molecular weight excluding hydrogens is 1220 g/mol. The second-order valence-electron chi connectivity index (χ2n) is 27.2. The van der Waals surface area contributed by atoms with Gasteiger partial charge in [-0.25, -0.2) is 9.13 Å². The first-order chi connectivity index (χ1) is 45.0. The molecule has 3 N–H and O–H groups in total. The molecule has 17 nitrogen and oxygen atoms in total. The molecular formula is C74H144O17P2. The van der Waals surface area contributed by atoms with Crippen LogP contribution in [0.15, 0.2) is 0 Å². The van der Waals surface area contributed by atoms with E-state index < -0.39 is 97.5 Å². The fraction of sp³-hybridized carbons (Fsp3) is 0.946. The van der Waals surface area contributed by atoms with Gasteiger partial charge in [-0.15, -0.1) is 0 Å². The zero-order valence-electron chi connectivity index (χ0n) is 60.4. The Balaban J connectivity index is 5.23. The van der Waals surface area contributed by atoms with E-state index in [9.17, 15) is 43.2 Å². The van der Waals surface area contributed by atoms with Crippen molar-refractivity contribution in [3.63, 3.8) is 0 Å². The lowest BCUT2D eigenvalue weighted by Gasteiger charge is -2.21. The molecule has 0 aromatic rings. The SMILES string of the molecule is CCCCCCCCCCCCCCCCCCCCC(=O)O[C@H](COC(=O)CCCCCCCCCCCCC(C)C)COP(=O)(O)OC[C@@H](O)COP(=O)(O)OC[C@@H](COC(=O)CCCCCCCCCCCCC)OC(=O)CCCCCCCCCCCCC. The molecule has 0 radical (unpaired) electrons. The number of hydrogen-bond donors (Lipinski definition) is 3.